The summed E-state index contributed by atoms with van der Waals surface area (Å²) in [5, 5.41) is 6.03. The van der Waals surface area contributed by atoms with Crippen LogP contribution in [0, 0.1) is 0 Å². The van der Waals surface area contributed by atoms with Gasteiger partial charge in [-0.2, -0.15) is 0 Å². The van der Waals surface area contributed by atoms with Gasteiger partial charge in [-0.3, -0.25) is 4.79 Å². The molecule has 3 fully saturated rings. The van der Waals surface area contributed by atoms with Crippen molar-refractivity contribution in [2.45, 2.75) is 88.9 Å². The minimum absolute atomic E-state index is 0.0771. The Morgan fingerprint density at radius 3 is 2.76 bits per heavy atom. The third-order valence-corrected chi connectivity index (χ3v) is 7.07. The van der Waals surface area contributed by atoms with Gasteiger partial charge in [0.1, 0.15) is 11.9 Å². The third kappa shape index (κ3) is 6.06. The molecule has 1 aliphatic heterocycles. The highest BCUT2D eigenvalue weighted by Crippen LogP contribution is 2.37. The first kappa shape index (κ1) is 24.0. The summed E-state index contributed by atoms with van der Waals surface area (Å²) in [4.78, 5) is 31.9. The highest BCUT2D eigenvalue weighted by Gasteiger charge is 2.41. The Hall–Kier alpha value is -2.13. The first-order chi connectivity index (χ1) is 16.1. The Morgan fingerprint density at radius 1 is 1.30 bits per heavy atom. The van der Waals surface area contributed by atoms with Gasteiger partial charge in [-0.05, 0) is 39.0 Å². The molecule has 4 rings (SSSR count). The number of imidazole rings is 1. The van der Waals surface area contributed by atoms with Crippen LogP contribution < -0.4 is 10.6 Å². The Bertz CT molecular complexity index is 797. The first-order valence-corrected chi connectivity index (χ1v) is 12.6. The topological polar surface area (TPSA) is 97.7 Å². The normalized spacial score (nSPS) is 22.5. The lowest BCUT2D eigenvalue weighted by Crippen LogP contribution is -2.50. The van der Waals surface area contributed by atoms with Gasteiger partial charge in [0.15, 0.2) is 0 Å². The lowest BCUT2D eigenvalue weighted by atomic mass is 9.88. The average molecular weight is 462 g/mol. The molecular formula is C24H39N5O4. The summed E-state index contributed by atoms with van der Waals surface area (Å²) in [6.07, 6.45) is 10.3. The average Bonchev–Trinajstić information content (AvgIpc) is 3.60. The van der Waals surface area contributed by atoms with Gasteiger partial charge in [-0.25, -0.2) is 9.78 Å². The summed E-state index contributed by atoms with van der Waals surface area (Å²) in [6, 6.07) is 0.192. The molecule has 184 valence electrons. The van der Waals surface area contributed by atoms with Crippen LogP contribution in [0.15, 0.2) is 6.20 Å². The molecule has 0 radical (unpaired) electrons. The van der Waals surface area contributed by atoms with Crippen LogP contribution in [0.3, 0.4) is 0 Å². The third-order valence-electron chi connectivity index (χ3n) is 7.07. The summed E-state index contributed by atoms with van der Waals surface area (Å²) in [6.45, 7) is 5.37. The van der Waals surface area contributed by atoms with E-state index in [9.17, 15) is 9.59 Å². The van der Waals surface area contributed by atoms with Crippen LogP contribution in [0.25, 0.3) is 0 Å². The smallest absolute Gasteiger partial charge is 0.406 e. The fourth-order valence-electron chi connectivity index (χ4n) is 5.10. The van der Waals surface area contributed by atoms with Gasteiger partial charge >= 0.3 is 6.09 Å². The van der Waals surface area contributed by atoms with Crippen molar-refractivity contribution in [1.82, 2.24) is 25.1 Å². The van der Waals surface area contributed by atoms with Crippen molar-refractivity contribution in [2.75, 3.05) is 33.4 Å². The quantitative estimate of drug-likeness (QED) is 0.549. The van der Waals surface area contributed by atoms with Crippen LogP contribution in [0.4, 0.5) is 4.79 Å². The molecule has 2 saturated carbocycles. The zero-order valence-electron chi connectivity index (χ0n) is 20.1. The molecule has 3 aliphatic rings. The number of hydrogen-bond donors (Lipinski definition) is 2. The molecule has 2 heterocycles. The van der Waals surface area contributed by atoms with Gasteiger partial charge in [-0.1, -0.05) is 19.3 Å². The maximum absolute atomic E-state index is 13.4. The second-order valence-corrected chi connectivity index (χ2v) is 9.54. The van der Waals surface area contributed by atoms with Crippen molar-refractivity contribution in [3.05, 3.63) is 17.7 Å². The predicted molar refractivity (Wildman–Crippen MR) is 124 cm³/mol. The zero-order valence-corrected chi connectivity index (χ0v) is 20.1. The van der Waals surface area contributed by atoms with E-state index in [4.69, 9.17) is 9.72 Å². The van der Waals surface area contributed by atoms with Gasteiger partial charge in [0, 0.05) is 44.3 Å². The lowest BCUT2D eigenvalue weighted by Gasteiger charge is -2.33. The van der Waals surface area contributed by atoms with Crippen molar-refractivity contribution in [3.8, 4) is 0 Å². The fourth-order valence-corrected chi connectivity index (χ4v) is 5.10. The Labute approximate surface area is 196 Å². The maximum Gasteiger partial charge on any atom is 0.406 e. The van der Waals surface area contributed by atoms with Gasteiger partial charge in [0.25, 0.3) is 5.91 Å². The number of carbonyl (C=O) groups excluding carboxylic acids is 2. The second kappa shape index (κ2) is 11.3. The molecule has 0 aromatic carbocycles. The van der Waals surface area contributed by atoms with E-state index in [1.165, 1.54) is 26.4 Å². The summed E-state index contributed by atoms with van der Waals surface area (Å²) in [7, 11) is 1.38. The number of hydrogen-bond acceptors (Lipinski definition) is 6. The highest BCUT2D eigenvalue weighted by molar-refractivity contribution is 5.82. The Kier molecular flexibility index (Phi) is 8.25. The SMILES string of the molecule is COC(=O)NCCCn1cc([C@@H](C)N(C(=O)[C@H]2CNCCO2)C2CC2)nc1C1CCCCC1. The molecule has 33 heavy (non-hydrogen) atoms. The van der Waals surface area contributed by atoms with Crippen molar-refractivity contribution in [2.24, 2.45) is 0 Å². The van der Waals surface area contributed by atoms with E-state index in [1.54, 1.807) is 0 Å². The number of aryl methyl sites for hydroxylation is 1. The number of methoxy groups -OCH3 is 1. The number of nitrogens with one attached hydrogen (secondary N) is 2. The monoisotopic (exact) mass is 461 g/mol. The molecule has 1 aromatic heterocycles. The number of carbonyl (C=O) groups is 2. The Morgan fingerprint density at radius 2 is 2.09 bits per heavy atom. The molecule has 2 N–H and O–H groups in total. The molecule has 0 unspecified atom stereocenters. The molecule has 0 bridgehead atoms. The highest BCUT2D eigenvalue weighted by atomic mass is 16.5. The molecule has 2 amide bonds. The summed E-state index contributed by atoms with van der Waals surface area (Å²) in [5.74, 6) is 1.67. The van der Waals surface area contributed by atoms with Crippen LogP contribution in [-0.4, -0.2) is 71.9 Å². The molecule has 0 spiro atoms. The summed E-state index contributed by atoms with van der Waals surface area (Å²) in [5.41, 5.74) is 0.959. The molecular weight excluding hydrogens is 422 g/mol. The van der Waals surface area contributed by atoms with Crippen molar-refractivity contribution < 1.29 is 19.1 Å². The van der Waals surface area contributed by atoms with Crippen LogP contribution >= 0.6 is 0 Å². The minimum Gasteiger partial charge on any atom is -0.453 e. The lowest BCUT2D eigenvalue weighted by molar-refractivity contribution is -0.148. The van der Waals surface area contributed by atoms with E-state index in [1.807, 2.05) is 4.90 Å². The van der Waals surface area contributed by atoms with Crippen LogP contribution in [-0.2, 0) is 20.8 Å². The van der Waals surface area contributed by atoms with E-state index in [-0.39, 0.29) is 18.0 Å². The molecule has 2 atom stereocenters. The number of aromatic nitrogens is 2. The van der Waals surface area contributed by atoms with Crippen molar-refractivity contribution in [1.29, 1.82) is 0 Å². The molecule has 2 aliphatic carbocycles. The number of alkyl carbamates (subject to hydrolysis) is 1. The van der Waals surface area contributed by atoms with Gasteiger partial charge in [0.05, 0.1) is 25.5 Å². The fraction of sp³-hybridized carbons (Fsp3) is 0.792. The predicted octanol–water partition coefficient (Wildman–Crippen LogP) is 2.72. The number of nitrogens with zero attached hydrogens (tertiary/aromatic N) is 3. The van der Waals surface area contributed by atoms with E-state index in [0.29, 0.717) is 25.6 Å². The van der Waals surface area contributed by atoms with Gasteiger partial charge < -0.3 is 29.6 Å². The van der Waals surface area contributed by atoms with E-state index < -0.39 is 12.2 Å². The zero-order chi connectivity index (χ0) is 23.2. The number of ether oxygens (including phenoxy) is 2. The van der Waals surface area contributed by atoms with Crippen LogP contribution in [0.5, 0.6) is 0 Å². The molecule has 1 saturated heterocycles. The van der Waals surface area contributed by atoms with Gasteiger partial charge in [0.2, 0.25) is 0 Å². The van der Waals surface area contributed by atoms with E-state index in [0.717, 1.165) is 56.7 Å². The van der Waals surface area contributed by atoms with E-state index in [2.05, 4.69) is 33.1 Å². The standard InChI is InChI=1S/C24H39N5O4/c1-17(29(19-9-10-19)23(30)21-15-25-12-14-33-21)20-16-28(13-6-11-26-24(31)32-2)22(27-20)18-7-4-3-5-8-18/h16-19,21,25H,3-15H2,1-2H3,(H,26,31)/t17-,21-/m1/s1. The number of amides is 2. The largest absolute Gasteiger partial charge is 0.453 e. The van der Waals surface area contributed by atoms with Crippen molar-refractivity contribution in [3.63, 3.8) is 0 Å². The molecule has 1 aromatic rings. The minimum atomic E-state index is -0.411. The maximum atomic E-state index is 13.4. The second-order valence-electron chi connectivity index (χ2n) is 9.54. The number of rotatable bonds is 9. The molecule has 9 heteroatoms. The first-order valence-electron chi connectivity index (χ1n) is 12.6. The van der Waals surface area contributed by atoms with Crippen LogP contribution in [0.2, 0.25) is 0 Å². The Balaban J connectivity index is 1.50. The summed E-state index contributed by atoms with van der Waals surface area (Å²) >= 11 is 0. The number of morpholine rings is 1. The molecule has 9 nitrogen and oxygen atoms in total. The van der Waals surface area contributed by atoms with Crippen molar-refractivity contribution >= 4 is 12.0 Å². The van der Waals surface area contributed by atoms with Crippen LogP contribution in [0.1, 0.15) is 81.8 Å². The van der Waals surface area contributed by atoms with E-state index >= 15 is 0 Å². The van der Waals surface area contributed by atoms with Gasteiger partial charge in [-0.15, -0.1) is 0 Å². The summed E-state index contributed by atoms with van der Waals surface area (Å²) < 4.78 is 12.7.